The Morgan fingerprint density at radius 1 is 1.15 bits per heavy atom. The van der Waals surface area contributed by atoms with Crippen LogP contribution in [0.1, 0.15) is 25.3 Å². The van der Waals surface area contributed by atoms with Gasteiger partial charge in [0.1, 0.15) is 5.75 Å². The van der Waals surface area contributed by atoms with E-state index in [2.05, 4.69) is 21.2 Å². The first-order chi connectivity index (χ1) is 16.4. The van der Waals surface area contributed by atoms with Crippen LogP contribution in [0.2, 0.25) is 0 Å². The van der Waals surface area contributed by atoms with E-state index < -0.39 is 23.5 Å². The van der Waals surface area contributed by atoms with Crippen LogP contribution in [-0.4, -0.2) is 60.6 Å². The Labute approximate surface area is 205 Å². The van der Waals surface area contributed by atoms with Gasteiger partial charge in [-0.1, -0.05) is 15.9 Å². The molecule has 5 rings (SSSR count). The highest BCUT2D eigenvalue weighted by Gasteiger charge is 2.55. The minimum atomic E-state index is -2.25. The zero-order chi connectivity index (χ0) is 23.9. The normalized spacial score (nSPS) is 23.6. The van der Waals surface area contributed by atoms with Crippen LogP contribution in [0.5, 0.6) is 5.75 Å². The maximum Gasteiger partial charge on any atom is 0.329 e. The summed E-state index contributed by atoms with van der Waals surface area (Å²) in [6, 6.07) is 11.2. The molecule has 2 aromatic rings. The minimum Gasteiger partial charge on any atom is -0.494 e. The van der Waals surface area contributed by atoms with Gasteiger partial charge in [-0.3, -0.25) is 9.69 Å². The highest BCUT2D eigenvalue weighted by Crippen LogP contribution is 2.43. The van der Waals surface area contributed by atoms with Gasteiger partial charge in [-0.25, -0.2) is 4.79 Å². The number of amides is 3. The van der Waals surface area contributed by atoms with Crippen LogP contribution in [0.25, 0.3) is 0 Å². The molecule has 2 saturated heterocycles. The predicted molar refractivity (Wildman–Crippen MR) is 128 cm³/mol. The highest BCUT2D eigenvalue weighted by atomic mass is 79.9. The number of ether oxygens (including phenoxy) is 3. The molecule has 3 aliphatic rings. The maximum atomic E-state index is 14.0. The molecule has 3 aliphatic heterocycles. The van der Waals surface area contributed by atoms with Crippen LogP contribution in [0.3, 0.4) is 0 Å². The molecule has 3 heterocycles. The molecule has 180 valence electrons. The van der Waals surface area contributed by atoms with Gasteiger partial charge in [0.2, 0.25) is 0 Å². The van der Waals surface area contributed by atoms with Crippen LogP contribution in [0.4, 0.5) is 16.2 Å². The van der Waals surface area contributed by atoms with E-state index in [4.69, 9.17) is 14.2 Å². The van der Waals surface area contributed by atoms with Crippen LogP contribution in [-0.2, 0) is 20.0 Å². The fraction of sp³-hybridized carbons (Fsp3) is 0.417. The summed E-state index contributed by atoms with van der Waals surface area (Å²) in [5.74, 6) is -0.623. The molecular weight excluding hydrogens is 506 g/mol. The second kappa shape index (κ2) is 8.84. The number of hydrogen-bond acceptors (Lipinski definition) is 6. The summed E-state index contributed by atoms with van der Waals surface area (Å²) in [4.78, 5) is 29.9. The van der Waals surface area contributed by atoms with E-state index in [1.807, 2.05) is 6.92 Å². The van der Waals surface area contributed by atoms with E-state index in [-0.39, 0.29) is 5.56 Å². The molecular formula is C24H26BrN3O6. The topological polar surface area (TPSA) is 101 Å². The van der Waals surface area contributed by atoms with E-state index in [9.17, 15) is 14.7 Å². The van der Waals surface area contributed by atoms with Crippen molar-refractivity contribution >= 4 is 39.2 Å². The smallest absolute Gasteiger partial charge is 0.329 e. The van der Waals surface area contributed by atoms with Gasteiger partial charge in [0, 0.05) is 41.7 Å². The van der Waals surface area contributed by atoms with E-state index in [1.165, 1.54) is 0 Å². The fourth-order valence-corrected chi connectivity index (χ4v) is 5.14. The quantitative estimate of drug-likeness (QED) is 0.626. The second-order valence-corrected chi connectivity index (χ2v) is 9.37. The third-order valence-electron chi connectivity index (χ3n) is 6.46. The maximum absolute atomic E-state index is 14.0. The molecule has 0 bridgehead atoms. The zero-order valence-corrected chi connectivity index (χ0v) is 20.3. The SMILES string of the molecule is CCOc1ccc(N2C(=O)Nc3ccc(Br)cc3[C@@]2(O)C(=O)N2CCC3(CC2)OCCO3)cc1. The third-order valence-corrected chi connectivity index (χ3v) is 6.95. The lowest BCUT2D eigenvalue weighted by Gasteiger charge is -2.46. The molecule has 2 N–H and O–H groups in total. The molecule has 0 unspecified atom stereocenters. The second-order valence-electron chi connectivity index (χ2n) is 8.45. The monoisotopic (exact) mass is 531 g/mol. The zero-order valence-electron chi connectivity index (χ0n) is 18.8. The van der Waals surface area contributed by atoms with Gasteiger partial charge in [0.25, 0.3) is 11.6 Å². The van der Waals surface area contributed by atoms with Gasteiger partial charge >= 0.3 is 6.03 Å². The summed E-state index contributed by atoms with van der Waals surface area (Å²) in [5.41, 5.74) is -1.23. The van der Waals surface area contributed by atoms with Crippen molar-refractivity contribution in [1.82, 2.24) is 4.90 Å². The summed E-state index contributed by atoms with van der Waals surface area (Å²) >= 11 is 3.43. The van der Waals surface area contributed by atoms with Gasteiger partial charge in [-0.2, -0.15) is 0 Å². The Kier molecular flexibility index (Phi) is 6.01. The molecule has 1 spiro atoms. The molecule has 1 atom stereocenters. The number of carbonyl (C=O) groups is 2. The molecule has 2 aromatic carbocycles. The number of fused-ring (bicyclic) bond motifs is 1. The number of benzene rings is 2. The predicted octanol–water partition coefficient (Wildman–Crippen LogP) is 3.41. The van der Waals surface area contributed by atoms with E-state index >= 15 is 0 Å². The van der Waals surface area contributed by atoms with Crippen molar-refractivity contribution in [2.45, 2.75) is 31.3 Å². The van der Waals surface area contributed by atoms with Gasteiger partial charge in [0.15, 0.2) is 5.79 Å². The Balaban J connectivity index is 1.54. The van der Waals surface area contributed by atoms with Crippen molar-refractivity contribution in [1.29, 1.82) is 0 Å². The summed E-state index contributed by atoms with van der Waals surface area (Å²) in [7, 11) is 0. The average Bonchev–Trinajstić information content (AvgIpc) is 3.29. The fourth-order valence-electron chi connectivity index (χ4n) is 4.78. The molecule has 0 radical (unpaired) electrons. The standard InChI is InChI=1S/C24H26BrN3O6/c1-2-32-18-6-4-17(5-7-18)28-22(30)26-20-8-3-16(25)15-19(20)24(28,31)21(29)27-11-9-23(10-12-27)33-13-14-34-23/h3-8,15,31H,2,9-14H2,1H3,(H,26,30)/t24-/m1/s1. The van der Waals surface area contributed by atoms with Crippen molar-refractivity contribution < 1.29 is 28.9 Å². The molecule has 34 heavy (non-hydrogen) atoms. The largest absolute Gasteiger partial charge is 0.494 e. The van der Waals surface area contributed by atoms with Gasteiger partial charge in [-0.05, 0) is 49.4 Å². The third kappa shape index (κ3) is 3.84. The van der Waals surface area contributed by atoms with Crippen LogP contribution in [0, 0.1) is 0 Å². The highest BCUT2D eigenvalue weighted by molar-refractivity contribution is 9.10. The van der Waals surface area contributed by atoms with Crippen LogP contribution < -0.4 is 15.0 Å². The molecule has 0 saturated carbocycles. The molecule has 3 amide bonds. The van der Waals surface area contributed by atoms with Gasteiger partial charge in [0.05, 0.1) is 25.5 Å². The Bertz CT molecular complexity index is 1090. The number of anilines is 2. The van der Waals surface area contributed by atoms with Crippen molar-refractivity contribution in [3.8, 4) is 5.75 Å². The number of hydrogen-bond donors (Lipinski definition) is 2. The Morgan fingerprint density at radius 2 is 1.82 bits per heavy atom. The lowest BCUT2D eigenvalue weighted by atomic mass is 9.93. The summed E-state index contributed by atoms with van der Waals surface area (Å²) in [5, 5.41) is 14.9. The molecule has 0 aromatic heterocycles. The van der Waals surface area contributed by atoms with Crippen LogP contribution >= 0.6 is 15.9 Å². The lowest BCUT2D eigenvalue weighted by molar-refractivity contribution is -0.192. The lowest BCUT2D eigenvalue weighted by Crippen LogP contribution is -2.64. The number of halogens is 1. The number of carbonyl (C=O) groups excluding carboxylic acids is 2. The Morgan fingerprint density at radius 3 is 2.47 bits per heavy atom. The summed E-state index contributed by atoms with van der Waals surface area (Å²) in [6.07, 6.45) is 0.991. The first-order valence-corrected chi connectivity index (χ1v) is 12.1. The van der Waals surface area contributed by atoms with E-state index in [1.54, 1.807) is 47.4 Å². The van der Waals surface area contributed by atoms with Crippen molar-refractivity contribution in [2.24, 2.45) is 0 Å². The number of aliphatic hydroxyl groups is 1. The Hall–Kier alpha value is -2.66. The number of piperidine rings is 1. The average molecular weight is 532 g/mol. The minimum absolute atomic E-state index is 0.286. The van der Waals surface area contributed by atoms with Crippen LogP contribution in [0.15, 0.2) is 46.9 Å². The van der Waals surface area contributed by atoms with Crippen molar-refractivity contribution in [2.75, 3.05) is 43.1 Å². The summed E-state index contributed by atoms with van der Waals surface area (Å²) < 4.78 is 17.7. The number of rotatable bonds is 4. The van der Waals surface area contributed by atoms with Crippen molar-refractivity contribution in [3.63, 3.8) is 0 Å². The molecule has 2 fully saturated rings. The first kappa shape index (κ1) is 23.1. The van der Waals surface area contributed by atoms with Crippen molar-refractivity contribution in [3.05, 3.63) is 52.5 Å². The number of nitrogens with one attached hydrogen (secondary N) is 1. The number of nitrogens with zero attached hydrogens (tertiary/aromatic N) is 2. The van der Waals surface area contributed by atoms with E-state index in [0.29, 0.717) is 67.3 Å². The van der Waals surface area contributed by atoms with E-state index in [0.717, 1.165) is 4.90 Å². The number of likely N-dealkylation sites (tertiary alicyclic amines) is 1. The molecule has 10 heteroatoms. The first-order valence-electron chi connectivity index (χ1n) is 11.3. The molecule has 0 aliphatic carbocycles. The van der Waals surface area contributed by atoms with Gasteiger partial charge < -0.3 is 29.5 Å². The van der Waals surface area contributed by atoms with Gasteiger partial charge in [-0.15, -0.1) is 0 Å². The summed E-state index contributed by atoms with van der Waals surface area (Å²) in [6.45, 7) is 4.11. The number of urea groups is 1. The molecule has 9 nitrogen and oxygen atoms in total.